The first-order valence-corrected chi connectivity index (χ1v) is 9.08. The van der Waals surface area contributed by atoms with E-state index in [-0.39, 0.29) is 18.3 Å². The maximum atomic E-state index is 12.6. The van der Waals surface area contributed by atoms with Gasteiger partial charge in [-0.25, -0.2) is 0 Å². The Bertz CT molecular complexity index is 720. The number of carbonyl (C=O) groups excluding carboxylic acids is 1. The van der Waals surface area contributed by atoms with Crippen LogP contribution in [-0.2, 0) is 13.1 Å². The second-order valence-corrected chi connectivity index (χ2v) is 7.22. The summed E-state index contributed by atoms with van der Waals surface area (Å²) in [6, 6.07) is 2.02. The van der Waals surface area contributed by atoms with Crippen molar-refractivity contribution in [2.75, 3.05) is 19.6 Å². The molecule has 4 rings (SSSR count). The lowest BCUT2D eigenvalue weighted by atomic mass is 9.95. The summed E-state index contributed by atoms with van der Waals surface area (Å²) < 4.78 is 2.27. The largest absolute Gasteiger partial charge is 0.338 e. The van der Waals surface area contributed by atoms with Crippen molar-refractivity contribution in [3.05, 3.63) is 33.5 Å². The number of hydrogen-bond donors (Lipinski definition) is 1. The molecule has 24 heavy (non-hydrogen) atoms. The molecule has 4 heterocycles. The van der Waals surface area contributed by atoms with Crippen LogP contribution in [0.3, 0.4) is 0 Å². The van der Waals surface area contributed by atoms with E-state index in [2.05, 4.69) is 20.1 Å². The van der Waals surface area contributed by atoms with Gasteiger partial charge in [-0.05, 0) is 36.8 Å². The maximum absolute atomic E-state index is 12.6. The monoisotopic (exact) mass is 367 g/mol. The molecule has 2 aromatic rings. The summed E-state index contributed by atoms with van der Waals surface area (Å²) >= 11 is 1.54. The number of aryl methyl sites for hydroxylation is 1. The Morgan fingerprint density at radius 1 is 1.29 bits per heavy atom. The maximum Gasteiger partial charge on any atom is 0.264 e. The molecule has 0 unspecified atom stereocenters. The number of aromatic nitrogens is 3. The first kappa shape index (κ1) is 17.4. The fourth-order valence-electron chi connectivity index (χ4n) is 3.49. The van der Waals surface area contributed by atoms with Crippen molar-refractivity contribution in [2.45, 2.75) is 38.8 Å². The van der Waals surface area contributed by atoms with Gasteiger partial charge < -0.3 is 14.8 Å². The normalized spacial score (nSPS) is 18.1. The zero-order chi connectivity index (χ0) is 15.8. The molecule has 0 saturated carbocycles. The van der Waals surface area contributed by atoms with Crippen LogP contribution in [-0.4, -0.2) is 45.2 Å². The first-order valence-electron chi connectivity index (χ1n) is 8.20. The van der Waals surface area contributed by atoms with Gasteiger partial charge in [-0.1, -0.05) is 0 Å². The molecular weight excluding hydrogens is 346 g/mol. The van der Waals surface area contributed by atoms with Crippen LogP contribution in [0, 0.1) is 6.92 Å². The Kier molecular flexibility index (Phi) is 5.22. The van der Waals surface area contributed by atoms with Gasteiger partial charge in [0, 0.05) is 32.1 Å². The Morgan fingerprint density at radius 2 is 2.08 bits per heavy atom. The summed E-state index contributed by atoms with van der Waals surface area (Å²) in [6.45, 7) is 6.36. The van der Waals surface area contributed by atoms with Gasteiger partial charge in [-0.2, -0.15) is 0 Å². The smallest absolute Gasteiger partial charge is 0.264 e. The Hall–Kier alpha value is -1.44. The van der Waals surface area contributed by atoms with Crippen LogP contribution in [0.4, 0.5) is 0 Å². The molecule has 0 bridgehead atoms. The molecule has 0 aliphatic carbocycles. The number of fused-ring (bicyclic) bond motifs is 1. The van der Waals surface area contributed by atoms with E-state index in [4.69, 9.17) is 0 Å². The Morgan fingerprint density at radius 3 is 2.79 bits per heavy atom. The van der Waals surface area contributed by atoms with Crippen LogP contribution in [0.1, 0.15) is 45.6 Å². The molecule has 1 N–H and O–H groups in total. The lowest BCUT2D eigenvalue weighted by Crippen LogP contribution is -2.38. The molecule has 2 aromatic heterocycles. The van der Waals surface area contributed by atoms with E-state index in [1.54, 1.807) is 11.3 Å². The number of hydrogen-bond acceptors (Lipinski definition) is 5. The van der Waals surface area contributed by atoms with Crippen LogP contribution >= 0.6 is 23.7 Å². The van der Waals surface area contributed by atoms with Crippen LogP contribution < -0.4 is 5.32 Å². The topological polar surface area (TPSA) is 63.1 Å². The van der Waals surface area contributed by atoms with Gasteiger partial charge >= 0.3 is 0 Å². The van der Waals surface area contributed by atoms with Crippen molar-refractivity contribution in [1.29, 1.82) is 0 Å². The van der Waals surface area contributed by atoms with Gasteiger partial charge in [0.15, 0.2) is 0 Å². The van der Waals surface area contributed by atoms with Crippen LogP contribution in [0.25, 0.3) is 0 Å². The van der Waals surface area contributed by atoms with Crippen LogP contribution in [0.5, 0.6) is 0 Å². The molecule has 0 atom stereocenters. The third-order valence-corrected chi connectivity index (χ3v) is 5.86. The average Bonchev–Trinajstić information content (AvgIpc) is 3.20. The highest BCUT2D eigenvalue weighted by atomic mass is 35.5. The summed E-state index contributed by atoms with van der Waals surface area (Å²) in [5, 5.41) is 14.1. The zero-order valence-electron chi connectivity index (χ0n) is 13.7. The molecule has 2 aliphatic rings. The predicted molar refractivity (Wildman–Crippen MR) is 95.9 cm³/mol. The predicted octanol–water partition coefficient (Wildman–Crippen LogP) is 2.19. The molecule has 2 aliphatic heterocycles. The second-order valence-electron chi connectivity index (χ2n) is 6.30. The molecule has 6 nitrogen and oxygen atoms in total. The summed E-state index contributed by atoms with van der Waals surface area (Å²) in [4.78, 5) is 15.5. The molecule has 1 saturated heterocycles. The average molecular weight is 368 g/mol. The molecule has 0 radical (unpaired) electrons. The number of thiophene rings is 1. The highest BCUT2D eigenvalue weighted by Crippen LogP contribution is 2.29. The quantitative estimate of drug-likeness (QED) is 0.883. The third kappa shape index (κ3) is 3.08. The van der Waals surface area contributed by atoms with Crippen molar-refractivity contribution in [3.63, 3.8) is 0 Å². The number of halogens is 1. The fraction of sp³-hybridized carbons (Fsp3) is 0.562. The second kappa shape index (κ2) is 7.21. The highest BCUT2D eigenvalue weighted by molar-refractivity contribution is 7.12. The van der Waals surface area contributed by atoms with Gasteiger partial charge in [0.2, 0.25) is 0 Å². The van der Waals surface area contributed by atoms with Gasteiger partial charge in [0.05, 0.1) is 11.4 Å². The highest BCUT2D eigenvalue weighted by Gasteiger charge is 2.29. The molecule has 8 heteroatoms. The van der Waals surface area contributed by atoms with E-state index >= 15 is 0 Å². The molecule has 0 spiro atoms. The Labute approximate surface area is 151 Å². The SMILES string of the molecule is Cc1ccsc1C(=O)N1CCC(c2nnc3n2CCNC3)CC1.Cl. The number of nitrogens with one attached hydrogen (secondary N) is 1. The summed E-state index contributed by atoms with van der Waals surface area (Å²) in [7, 11) is 0. The van der Waals surface area contributed by atoms with Gasteiger partial charge in [-0.15, -0.1) is 33.9 Å². The van der Waals surface area contributed by atoms with Crippen LogP contribution in [0.2, 0.25) is 0 Å². The van der Waals surface area contributed by atoms with Gasteiger partial charge in [0.25, 0.3) is 5.91 Å². The van der Waals surface area contributed by atoms with E-state index in [9.17, 15) is 4.79 Å². The summed E-state index contributed by atoms with van der Waals surface area (Å²) in [6.07, 6.45) is 1.95. The standard InChI is InChI=1S/C16H21N5OS.ClH/c1-11-4-9-23-14(11)16(22)20-6-2-12(3-7-20)15-19-18-13-10-17-5-8-21(13)15;/h4,9,12,17H,2-3,5-8,10H2,1H3;1H. The fourth-order valence-corrected chi connectivity index (χ4v) is 4.38. The van der Waals surface area contributed by atoms with E-state index in [1.165, 1.54) is 0 Å². The van der Waals surface area contributed by atoms with Crippen molar-refractivity contribution in [1.82, 2.24) is 25.0 Å². The first-order chi connectivity index (χ1) is 11.2. The van der Waals surface area contributed by atoms with Crippen molar-refractivity contribution >= 4 is 29.7 Å². The minimum absolute atomic E-state index is 0. The van der Waals surface area contributed by atoms with Crippen molar-refractivity contribution in [3.8, 4) is 0 Å². The number of rotatable bonds is 2. The summed E-state index contributed by atoms with van der Waals surface area (Å²) in [5.41, 5.74) is 1.08. The van der Waals surface area contributed by atoms with Gasteiger partial charge in [-0.3, -0.25) is 4.79 Å². The lowest BCUT2D eigenvalue weighted by Gasteiger charge is -2.32. The molecule has 0 aromatic carbocycles. The molecular formula is C16H22ClN5OS. The third-order valence-electron chi connectivity index (χ3n) is 4.85. The van der Waals surface area contributed by atoms with E-state index in [0.717, 1.165) is 67.7 Å². The van der Waals surface area contributed by atoms with E-state index in [1.807, 2.05) is 23.3 Å². The lowest BCUT2D eigenvalue weighted by molar-refractivity contribution is 0.0714. The number of piperidine rings is 1. The van der Waals surface area contributed by atoms with E-state index in [0.29, 0.717) is 5.92 Å². The zero-order valence-corrected chi connectivity index (χ0v) is 15.3. The minimum atomic E-state index is 0. The number of carbonyl (C=O) groups is 1. The molecule has 1 fully saturated rings. The number of nitrogens with zero attached hydrogens (tertiary/aromatic N) is 4. The van der Waals surface area contributed by atoms with Gasteiger partial charge in [0.1, 0.15) is 11.6 Å². The number of likely N-dealkylation sites (tertiary alicyclic amines) is 1. The molecule has 1 amide bonds. The van der Waals surface area contributed by atoms with Crippen molar-refractivity contribution < 1.29 is 4.79 Å². The Balaban J connectivity index is 0.00000169. The van der Waals surface area contributed by atoms with E-state index < -0.39 is 0 Å². The summed E-state index contributed by atoms with van der Waals surface area (Å²) in [5.74, 6) is 2.76. The minimum Gasteiger partial charge on any atom is -0.338 e. The van der Waals surface area contributed by atoms with Crippen molar-refractivity contribution in [2.24, 2.45) is 0 Å². The molecule has 130 valence electrons. The number of amides is 1. The van der Waals surface area contributed by atoms with Crippen LogP contribution in [0.15, 0.2) is 11.4 Å².